The highest BCUT2D eigenvalue weighted by atomic mass is 14.4. The van der Waals surface area contributed by atoms with Crippen molar-refractivity contribution in [3.8, 4) is 0 Å². The Morgan fingerprint density at radius 1 is 1.23 bits per heavy atom. The Hall–Kier alpha value is -0.260. The lowest BCUT2D eigenvalue weighted by Gasteiger charge is -2.00. The summed E-state index contributed by atoms with van der Waals surface area (Å²) in [6.07, 6.45) is 10.0. The van der Waals surface area contributed by atoms with E-state index in [2.05, 4.69) is 20.4 Å². The van der Waals surface area contributed by atoms with Gasteiger partial charge in [-0.15, -0.1) is 0 Å². The molecule has 0 nitrogen and oxygen atoms in total. The maximum atomic E-state index is 4.03. The Balaban J connectivity index is 1.88. The Kier molecular flexibility index (Phi) is 4.55. The number of unbranched alkanes of at least 4 members (excludes halogenated alkanes) is 4. The first-order valence-corrected chi connectivity index (χ1v) is 5.91. The van der Waals surface area contributed by atoms with Crippen LogP contribution in [0.4, 0.5) is 0 Å². The van der Waals surface area contributed by atoms with Crippen molar-refractivity contribution >= 4 is 0 Å². The Morgan fingerprint density at radius 3 is 2.46 bits per heavy atom. The number of hydrogen-bond acceptors (Lipinski definition) is 0. The molecule has 0 aromatic rings. The fourth-order valence-electron chi connectivity index (χ4n) is 2.18. The SMILES string of the molecule is C=C(C)C1CC1CCCCCCC. The van der Waals surface area contributed by atoms with Crippen LogP contribution in [0.2, 0.25) is 0 Å². The van der Waals surface area contributed by atoms with Gasteiger partial charge in [-0.3, -0.25) is 0 Å². The summed E-state index contributed by atoms with van der Waals surface area (Å²) in [6.45, 7) is 8.48. The minimum atomic E-state index is 0.895. The smallest absolute Gasteiger partial charge is 0.0177 e. The summed E-state index contributed by atoms with van der Waals surface area (Å²) in [5.41, 5.74) is 1.42. The summed E-state index contributed by atoms with van der Waals surface area (Å²) in [5, 5.41) is 0. The van der Waals surface area contributed by atoms with Gasteiger partial charge >= 0.3 is 0 Å². The van der Waals surface area contributed by atoms with Crippen LogP contribution in [0.1, 0.15) is 58.8 Å². The zero-order valence-corrected chi connectivity index (χ0v) is 9.31. The van der Waals surface area contributed by atoms with Gasteiger partial charge in [0, 0.05) is 0 Å². The highest BCUT2D eigenvalue weighted by Gasteiger charge is 2.36. The van der Waals surface area contributed by atoms with E-state index in [1.165, 1.54) is 50.5 Å². The van der Waals surface area contributed by atoms with Crippen molar-refractivity contribution in [1.82, 2.24) is 0 Å². The number of allylic oxidation sites excluding steroid dienone is 1. The molecule has 0 heteroatoms. The molecule has 1 saturated carbocycles. The van der Waals surface area contributed by atoms with E-state index in [9.17, 15) is 0 Å². The van der Waals surface area contributed by atoms with Crippen LogP contribution < -0.4 is 0 Å². The van der Waals surface area contributed by atoms with Crippen molar-refractivity contribution in [2.75, 3.05) is 0 Å². The molecule has 2 unspecified atom stereocenters. The normalized spacial score (nSPS) is 26.0. The van der Waals surface area contributed by atoms with E-state index in [4.69, 9.17) is 0 Å². The second kappa shape index (κ2) is 5.47. The van der Waals surface area contributed by atoms with E-state index < -0.39 is 0 Å². The second-order valence-corrected chi connectivity index (χ2v) is 4.65. The van der Waals surface area contributed by atoms with Crippen LogP contribution in [0.5, 0.6) is 0 Å². The minimum Gasteiger partial charge on any atom is -0.0999 e. The van der Waals surface area contributed by atoms with Crippen LogP contribution in [0.15, 0.2) is 12.2 Å². The third kappa shape index (κ3) is 3.97. The van der Waals surface area contributed by atoms with Crippen LogP contribution in [-0.2, 0) is 0 Å². The first kappa shape index (κ1) is 10.8. The number of hydrogen-bond donors (Lipinski definition) is 0. The monoisotopic (exact) mass is 180 g/mol. The summed E-state index contributed by atoms with van der Waals surface area (Å²) in [5.74, 6) is 1.91. The van der Waals surface area contributed by atoms with Crippen LogP contribution in [-0.4, -0.2) is 0 Å². The van der Waals surface area contributed by atoms with Gasteiger partial charge in [-0.25, -0.2) is 0 Å². The van der Waals surface area contributed by atoms with Gasteiger partial charge in [0.15, 0.2) is 0 Å². The molecule has 0 bridgehead atoms. The summed E-state index contributed by atoms with van der Waals surface area (Å²) in [4.78, 5) is 0. The third-order valence-corrected chi connectivity index (χ3v) is 3.23. The van der Waals surface area contributed by atoms with Crippen molar-refractivity contribution in [3.05, 3.63) is 12.2 Å². The average Bonchev–Trinajstić information content (AvgIpc) is 2.83. The molecule has 0 aliphatic heterocycles. The fraction of sp³-hybridized carbons (Fsp3) is 0.846. The maximum Gasteiger partial charge on any atom is -0.0177 e. The molecule has 2 atom stereocenters. The van der Waals surface area contributed by atoms with Gasteiger partial charge in [0.1, 0.15) is 0 Å². The molecule has 1 aliphatic carbocycles. The van der Waals surface area contributed by atoms with Crippen LogP contribution >= 0.6 is 0 Å². The lowest BCUT2D eigenvalue weighted by Crippen LogP contribution is -1.85. The summed E-state index contributed by atoms with van der Waals surface area (Å²) in [7, 11) is 0. The predicted molar refractivity (Wildman–Crippen MR) is 59.8 cm³/mol. The molecule has 0 aromatic carbocycles. The molecule has 0 aromatic heterocycles. The minimum absolute atomic E-state index is 0.895. The lowest BCUT2D eigenvalue weighted by molar-refractivity contribution is 0.568. The standard InChI is InChI=1S/C13H24/c1-4-5-6-7-8-9-12-10-13(12)11(2)3/h12-13H,2,4-10H2,1,3H3. The van der Waals surface area contributed by atoms with Gasteiger partial charge in [-0.1, -0.05) is 51.2 Å². The zero-order chi connectivity index (χ0) is 9.68. The van der Waals surface area contributed by atoms with Gasteiger partial charge in [0.05, 0.1) is 0 Å². The molecule has 0 heterocycles. The Bertz CT molecular complexity index is 157. The van der Waals surface area contributed by atoms with Crippen LogP contribution in [0.25, 0.3) is 0 Å². The topological polar surface area (TPSA) is 0 Å². The van der Waals surface area contributed by atoms with Gasteiger partial charge < -0.3 is 0 Å². The van der Waals surface area contributed by atoms with Crippen molar-refractivity contribution in [2.24, 2.45) is 11.8 Å². The Morgan fingerprint density at radius 2 is 1.92 bits per heavy atom. The third-order valence-electron chi connectivity index (χ3n) is 3.23. The average molecular weight is 180 g/mol. The summed E-state index contributed by atoms with van der Waals surface area (Å²) in [6, 6.07) is 0. The molecular formula is C13H24. The van der Waals surface area contributed by atoms with Crippen molar-refractivity contribution in [3.63, 3.8) is 0 Å². The molecule has 0 N–H and O–H groups in total. The van der Waals surface area contributed by atoms with E-state index in [1.54, 1.807) is 0 Å². The highest BCUT2D eigenvalue weighted by Crippen LogP contribution is 2.46. The first-order chi connectivity index (χ1) is 6.25. The first-order valence-electron chi connectivity index (χ1n) is 5.91. The molecule has 1 fully saturated rings. The van der Waals surface area contributed by atoms with Crippen molar-refractivity contribution < 1.29 is 0 Å². The quantitative estimate of drug-likeness (QED) is 0.398. The van der Waals surface area contributed by atoms with Gasteiger partial charge in [0.25, 0.3) is 0 Å². The maximum absolute atomic E-state index is 4.03. The second-order valence-electron chi connectivity index (χ2n) is 4.65. The van der Waals surface area contributed by atoms with Crippen LogP contribution in [0.3, 0.4) is 0 Å². The predicted octanol–water partition coefficient (Wildman–Crippen LogP) is 4.56. The zero-order valence-electron chi connectivity index (χ0n) is 9.31. The Labute approximate surface area is 83.4 Å². The van der Waals surface area contributed by atoms with E-state index >= 15 is 0 Å². The highest BCUT2D eigenvalue weighted by molar-refractivity contribution is 5.08. The van der Waals surface area contributed by atoms with Gasteiger partial charge in [-0.2, -0.15) is 0 Å². The molecule has 0 saturated heterocycles. The molecule has 0 radical (unpaired) electrons. The molecule has 1 rings (SSSR count). The largest absolute Gasteiger partial charge is 0.0999 e. The molecule has 76 valence electrons. The van der Waals surface area contributed by atoms with E-state index in [-0.39, 0.29) is 0 Å². The molecular weight excluding hydrogens is 156 g/mol. The van der Waals surface area contributed by atoms with E-state index in [0.29, 0.717) is 0 Å². The molecule has 0 spiro atoms. The molecule has 13 heavy (non-hydrogen) atoms. The van der Waals surface area contributed by atoms with Gasteiger partial charge in [-0.05, 0) is 31.6 Å². The van der Waals surface area contributed by atoms with Crippen molar-refractivity contribution in [2.45, 2.75) is 58.8 Å². The summed E-state index contributed by atoms with van der Waals surface area (Å²) < 4.78 is 0. The van der Waals surface area contributed by atoms with Crippen molar-refractivity contribution in [1.29, 1.82) is 0 Å². The summed E-state index contributed by atoms with van der Waals surface area (Å²) >= 11 is 0. The lowest BCUT2D eigenvalue weighted by atomic mass is 10.1. The van der Waals surface area contributed by atoms with Crippen LogP contribution in [0, 0.1) is 11.8 Å². The van der Waals surface area contributed by atoms with E-state index in [0.717, 1.165) is 11.8 Å². The fourth-order valence-corrected chi connectivity index (χ4v) is 2.18. The number of rotatable bonds is 7. The van der Waals surface area contributed by atoms with Gasteiger partial charge in [0.2, 0.25) is 0 Å². The molecule has 1 aliphatic rings. The molecule has 0 amide bonds. The van der Waals surface area contributed by atoms with E-state index in [1.807, 2.05) is 0 Å².